The number of nitro groups is 1. The maximum Gasteiger partial charge on any atom is 0.433 e. The van der Waals surface area contributed by atoms with Crippen LogP contribution in [-0.2, 0) is 6.42 Å². The van der Waals surface area contributed by atoms with Gasteiger partial charge in [-0.2, -0.15) is 0 Å². The van der Waals surface area contributed by atoms with Crippen LogP contribution in [0.15, 0.2) is 28.7 Å². The van der Waals surface area contributed by atoms with Crippen LogP contribution in [0.4, 0.5) is 11.6 Å². The summed E-state index contributed by atoms with van der Waals surface area (Å²) in [7, 11) is 0. The second-order valence-corrected chi connectivity index (χ2v) is 5.37. The van der Waals surface area contributed by atoms with Crippen LogP contribution in [-0.4, -0.2) is 23.5 Å². The van der Waals surface area contributed by atoms with E-state index >= 15 is 0 Å². The van der Waals surface area contributed by atoms with Crippen LogP contribution >= 0.6 is 0 Å². The molecule has 1 aromatic heterocycles. The standard InChI is InChI=1S/C16H16N2O6/c1-3-22-14-7-10-6-9(2)23-13(10)8-11(14)17-16(19)12-4-5-15(24-12)18(20)21/h4-5,7-9H,3,6H2,1-2H3,(H,17,19). The summed E-state index contributed by atoms with van der Waals surface area (Å²) in [4.78, 5) is 22.2. The van der Waals surface area contributed by atoms with E-state index in [1.165, 1.54) is 6.07 Å². The fourth-order valence-electron chi connectivity index (χ4n) is 2.54. The van der Waals surface area contributed by atoms with Crippen molar-refractivity contribution in [3.63, 3.8) is 0 Å². The average molecular weight is 332 g/mol. The molecule has 0 bridgehead atoms. The van der Waals surface area contributed by atoms with Gasteiger partial charge in [-0.3, -0.25) is 14.9 Å². The summed E-state index contributed by atoms with van der Waals surface area (Å²) in [5.74, 6) is -0.0414. The van der Waals surface area contributed by atoms with Crippen molar-refractivity contribution in [3.05, 3.63) is 45.7 Å². The molecule has 3 rings (SSSR count). The highest BCUT2D eigenvalue weighted by Crippen LogP contribution is 2.38. The molecule has 0 aliphatic carbocycles. The predicted molar refractivity (Wildman–Crippen MR) is 84.7 cm³/mol. The summed E-state index contributed by atoms with van der Waals surface area (Å²) < 4.78 is 16.2. The van der Waals surface area contributed by atoms with Crippen molar-refractivity contribution >= 4 is 17.5 Å². The summed E-state index contributed by atoms with van der Waals surface area (Å²) in [6, 6.07) is 5.91. The van der Waals surface area contributed by atoms with Crippen LogP contribution in [0.25, 0.3) is 0 Å². The lowest BCUT2D eigenvalue weighted by atomic mass is 10.1. The maximum atomic E-state index is 12.2. The molecule has 1 aliphatic heterocycles. The molecule has 0 radical (unpaired) electrons. The lowest BCUT2D eigenvalue weighted by Gasteiger charge is -2.13. The van der Waals surface area contributed by atoms with Gasteiger partial charge in [-0.05, 0) is 26.0 Å². The Balaban J connectivity index is 1.86. The summed E-state index contributed by atoms with van der Waals surface area (Å²) in [5, 5.41) is 13.3. The summed E-state index contributed by atoms with van der Waals surface area (Å²) >= 11 is 0. The number of hydrogen-bond donors (Lipinski definition) is 1. The van der Waals surface area contributed by atoms with Crippen molar-refractivity contribution < 1.29 is 23.6 Å². The summed E-state index contributed by atoms with van der Waals surface area (Å²) in [6.45, 7) is 4.23. The van der Waals surface area contributed by atoms with Gasteiger partial charge in [0, 0.05) is 18.1 Å². The van der Waals surface area contributed by atoms with Crippen molar-refractivity contribution in [2.45, 2.75) is 26.4 Å². The first-order valence-corrected chi connectivity index (χ1v) is 7.50. The fourth-order valence-corrected chi connectivity index (χ4v) is 2.54. The number of furan rings is 1. The third kappa shape index (κ3) is 3.03. The Morgan fingerprint density at radius 1 is 1.46 bits per heavy atom. The molecule has 126 valence electrons. The van der Waals surface area contributed by atoms with Gasteiger partial charge in [0.15, 0.2) is 5.76 Å². The molecular weight excluding hydrogens is 316 g/mol. The van der Waals surface area contributed by atoms with Crippen LogP contribution in [0.2, 0.25) is 0 Å². The number of amides is 1. The highest BCUT2D eigenvalue weighted by atomic mass is 16.6. The molecule has 1 N–H and O–H groups in total. The first-order valence-electron chi connectivity index (χ1n) is 7.50. The number of ether oxygens (including phenoxy) is 2. The second kappa shape index (κ2) is 6.23. The molecule has 2 aromatic rings. The van der Waals surface area contributed by atoms with Gasteiger partial charge in [0.25, 0.3) is 5.91 Å². The van der Waals surface area contributed by atoms with Gasteiger partial charge in [-0.1, -0.05) is 0 Å². The highest BCUT2D eigenvalue weighted by Gasteiger charge is 2.24. The van der Waals surface area contributed by atoms with Gasteiger partial charge in [0.1, 0.15) is 22.5 Å². The molecule has 2 heterocycles. The molecule has 1 aliphatic rings. The van der Waals surface area contributed by atoms with Gasteiger partial charge in [-0.25, -0.2) is 0 Å². The Hall–Kier alpha value is -3.03. The van der Waals surface area contributed by atoms with E-state index in [1.54, 1.807) is 6.07 Å². The molecule has 0 fully saturated rings. The van der Waals surface area contributed by atoms with Crippen LogP contribution in [0.1, 0.15) is 30.0 Å². The predicted octanol–water partition coefficient (Wildman–Crippen LogP) is 3.16. The second-order valence-electron chi connectivity index (χ2n) is 5.37. The summed E-state index contributed by atoms with van der Waals surface area (Å²) in [5.41, 5.74) is 1.44. The molecular formula is C16H16N2O6. The molecule has 1 unspecified atom stereocenters. The molecule has 0 saturated heterocycles. The quantitative estimate of drug-likeness (QED) is 0.666. The van der Waals surface area contributed by atoms with E-state index in [2.05, 4.69) is 5.32 Å². The maximum absolute atomic E-state index is 12.2. The van der Waals surface area contributed by atoms with Crippen molar-refractivity contribution in [3.8, 4) is 11.5 Å². The van der Waals surface area contributed by atoms with E-state index in [1.807, 2.05) is 19.9 Å². The molecule has 8 nitrogen and oxygen atoms in total. The molecule has 8 heteroatoms. The first-order chi connectivity index (χ1) is 11.5. The van der Waals surface area contributed by atoms with Crippen LogP contribution < -0.4 is 14.8 Å². The zero-order valence-electron chi connectivity index (χ0n) is 13.2. The average Bonchev–Trinajstić information content (AvgIpc) is 3.13. The van der Waals surface area contributed by atoms with E-state index in [0.717, 1.165) is 18.1 Å². The minimum Gasteiger partial charge on any atom is -0.492 e. The van der Waals surface area contributed by atoms with Crippen molar-refractivity contribution in [1.82, 2.24) is 0 Å². The Bertz CT molecular complexity index is 798. The molecule has 1 atom stereocenters. The number of fused-ring (bicyclic) bond motifs is 1. The van der Waals surface area contributed by atoms with Crippen LogP contribution in [0.5, 0.6) is 11.5 Å². The van der Waals surface area contributed by atoms with Crippen molar-refractivity contribution in [1.29, 1.82) is 0 Å². The number of anilines is 1. The third-order valence-corrected chi connectivity index (χ3v) is 3.54. The lowest BCUT2D eigenvalue weighted by molar-refractivity contribution is -0.402. The lowest BCUT2D eigenvalue weighted by Crippen LogP contribution is -2.12. The monoisotopic (exact) mass is 332 g/mol. The minimum absolute atomic E-state index is 0.0631. The Kier molecular flexibility index (Phi) is 4.11. The normalized spacial score (nSPS) is 15.5. The Labute approximate surface area is 137 Å². The first kappa shape index (κ1) is 15.9. The molecule has 0 saturated carbocycles. The highest BCUT2D eigenvalue weighted by molar-refractivity contribution is 6.03. The van der Waals surface area contributed by atoms with Crippen LogP contribution in [0.3, 0.4) is 0 Å². The fraction of sp³-hybridized carbons (Fsp3) is 0.312. The van der Waals surface area contributed by atoms with Gasteiger partial charge >= 0.3 is 5.88 Å². The largest absolute Gasteiger partial charge is 0.492 e. The third-order valence-electron chi connectivity index (χ3n) is 3.54. The number of hydrogen-bond acceptors (Lipinski definition) is 6. The zero-order chi connectivity index (χ0) is 17.3. The number of nitrogens with one attached hydrogen (secondary N) is 1. The van der Waals surface area contributed by atoms with Crippen LogP contribution in [0, 0.1) is 10.1 Å². The van der Waals surface area contributed by atoms with E-state index in [0.29, 0.717) is 23.8 Å². The summed E-state index contributed by atoms with van der Waals surface area (Å²) in [6.07, 6.45) is 0.835. The van der Waals surface area contributed by atoms with Gasteiger partial charge in [0.05, 0.1) is 18.4 Å². The molecule has 0 spiro atoms. The van der Waals surface area contributed by atoms with E-state index in [9.17, 15) is 14.9 Å². The Morgan fingerprint density at radius 2 is 2.25 bits per heavy atom. The Morgan fingerprint density at radius 3 is 2.92 bits per heavy atom. The molecule has 1 aromatic carbocycles. The number of nitrogens with zero attached hydrogens (tertiary/aromatic N) is 1. The van der Waals surface area contributed by atoms with E-state index in [-0.39, 0.29) is 11.9 Å². The number of carbonyl (C=O) groups excluding carboxylic acids is 1. The van der Waals surface area contributed by atoms with E-state index < -0.39 is 16.7 Å². The van der Waals surface area contributed by atoms with Gasteiger partial charge < -0.3 is 19.2 Å². The number of carbonyl (C=O) groups is 1. The topological polar surface area (TPSA) is 104 Å². The van der Waals surface area contributed by atoms with Crippen molar-refractivity contribution in [2.24, 2.45) is 0 Å². The zero-order valence-corrected chi connectivity index (χ0v) is 13.2. The van der Waals surface area contributed by atoms with Gasteiger partial charge in [0.2, 0.25) is 0 Å². The van der Waals surface area contributed by atoms with Crippen molar-refractivity contribution in [2.75, 3.05) is 11.9 Å². The molecule has 1 amide bonds. The molecule has 24 heavy (non-hydrogen) atoms. The van der Waals surface area contributed by atoms with E-state index in [4.69, 9.17) is 13.9 Å². The number of rotatable bonds is 5. The van der Waals surface area contributed by atoms with Gasteiger partial charge in [-0.15, -0.1) is 0 Å². The smallest absolute Gasteiger partial charge is 0.433 e. The SMILES string of the molecule is CCOc1cc2c(cc1NC(=O)c1ccc([N+](=O)[O-])o1)OC(C)C2. The number of benzene rings is 1. The minimum atomic E-state index is -0.701.